The van der Waals surface area contributed by atoms with Gasteiger partial charge in [-0.1, -0.05) is 45.6 Å². The van der Waals surface area contributed by atoms with Gasteiger partial charge in [-0.05, 0) is 18.4 Å². The van der Waals surface area contributed by atoms with Gasteiger partial charge in [0.05, 0.1) is 0 Å². The van der Waals surface area contributed by atoms with Crippen LogP contribution in [-0.4, -0.2) is 19.8 Å². The molecule has 0 saturated carbocycles. The molecule has 1 atom stereocenters. The molecule has 14 heavy (non-hydrogen) atoms. The van der Waals surface area contributed by atoms with Crippen LogP contribution < -0.4 is 0 Å². The fraction of sp³-hybridized carbons (Fsp3) is 0.833. The Morgan fingerprint density at radius 3 is 2.07 bits per heavy atom. The molecular formula is C12H26OSi. The lowest BCUT2D eigenvalue weighted by atomic mass is 9.92. The van der Waals surface area contributed by atoms with Gasteiger partial charge < -0.3 is 5.11 Å². The topological polar surface area (TPSA) is 20.2 Å². The average molecular weight is 214 g/mol. The van der Waals surface area contributed by atoms with E-state index in [0.29, 0.717) is 11.8 Å². The summed E-state index contributed by atoms with van der Waals surface area (Å²) in [5, 5.41) is 9.30. The van der Waals surface area contributed by atoms with Gasteiger partial charge in [0.15, 0.2) is 0 Å². The number of rotatable bonds is 6. The maximum absolute atomic E-state index is 9.30. The Bertz CT molecular complexity index is 179. The van der Waals surface area contributed by atoms with Crippen molar-refractivity contribution in [2.45, 2.75) is 46.0 Å². The Morgan fingerprint density at radius 2 is 1.79 bits per heavy atom. The van der Waals surface area contributed by atoms with Crippen molar-refractivity contribution in [1.29, 1.82) is 0 Å². The molecule has 0 amide bonds. The fourth-order valence-corrected chi connectivity index (χ4v) is 3.42. The molecule has 0 fully saturated rings. The Labute approximate surface area is 90.2 Å². The van der Waals surface area contributed by atoms with Crippen molar-refractivity contribution >= 4 is 8.07 Å². The van der Waals surface area contributed by atoms with Crippen molar-refractivity contribution in [2.75, 3.05) is 6.61 Å². The maximum atomic E-state index is 9.30. The molecular weight excluding hydrogens is 188 g/mol. The van der Waals surface area contributed by atoms with Crippen LogP contribution in [0.4, 0.5) is 0 Å². The van der Waals surface area contributed by atoms with Gasteiger partial charge >= 0.3 is 0 Å². The van der Waals surface area contributed by atoms with Crippen LogP contribution >= 0.6 is 0 Å². The summed E-state index contributed by atoms with van der Waals surface area (Å²) in [6.07, 6.45) is 1.07. The molecule has 84 valence electrons. The molecule has 2 heteroatoms. The van der Waals surface area contributed by atoms with Crippen LogP contribution in [0.5, 0.6) is 0 Å². The van der Waals surface area contributed by atoms with E-state index in [9.17, 15) is 5.11 Å². The van der Waals surface area contributed by atoms with E-state index >= 15 is 0 Å². The molecule has 0 aromatic rings. The highest BCUT2D eigenvalue weighted by molar-refractivity contribution is 6.76. The molecule has 0 aliphatic heterocycles. The van der Waals surface area contributed by atoms with Crippen LogP contribution in [0.15, 0.2) is 12.2 Å². The Hall–Kier alpha value is -0.0831. The standard InChI is InChI=1S/C12H26OSi/c1-10(2)7-12(8-13)11(3)9-14(4,5)6/h10,12-13H,3,7-9H2,1-2,4-6H3/t12-/m0/s1. The van der Waals surface area contributed by atoms with E-state index < -0.39 is 8.07 Å². The van der Waals surface area contributed by atoms with Crippen LogP contribution in [-0.2, 0) is 0 Å². The lowest BCUT2D eigenvalue weighted by molar-refractivity contribution is 0.228. The van der Waals surface area contributed by atoms with Crippen molar-refractivity contribution in [3.05, 3.63) is 12.2 Å². The number of aliphatic hydroxyl groups is 1. The van der Waals surface area contributed by atoms with Crippen molar-refractivity contribution < 1.29 is 5.11 Å². The SMILES string of the molecule is C=C(C[Si](C)(C)C)[C@H](CO)CC(C)C. The molecule has 1 nitrogen and oxygen atoms in total. The molecule has 0 aromatic carbocycles. The van der Waals surface area contributed by atoms with Crippen molar-refractivity contribution in [3.63, 3.8) is 0 Å². The zero-order valence-electron chi connectivity index (χ0n) is 10.4. The minimum absolute atomic E-state index is 0.265. The Balaban J connectivity index is 4.18. The first-order valence-electron chi connectivity index (χ1n) is 5.55. The highest BCUT2D eigenvalue weighted by Crippen LogP contribution is 2.25. The van der Waals surface area contributed by atoms with E-state index in [1.807, 2.05) is 0 Å². The zero-order valence-corrected chi connectivity index (χ0v) is 11.4. The van der Waals surface area contributed by atoms with E-state index in [-0.39, 0.29) is 6.61 Å². The highest BCUT2D eigenvalue weighted by Gasteiger charge is 2.20. The molecule has 0 heterocycles. The van der Waals surface area contributed by atoms with Crippen LogP contribution in [0.2, 0.25) is 25.7 Å². The van der Waals surface area contributed by atoms with E-state index in [1.165, 1.54) is 5.57 Å². The Kier molecular flexibility index (Phi) is 5.68. The lowest BCUT2D eigenvalue weighted by Gasteiger charge is -2.24. The van der Waals surface area contributed by atoms with Crippen LogP contribution in [0.1, 0.15) is 20.3 Å². The zero-order chi connectivity index (χ0) is 11.4. The quantitative estimate of drug-likeness (QED) is 0.530. The molecule has 0 saturated heterocycles. The minimum atomic E-state index is -1.06. The number of hydrogen-bond donors (Lipinski definition) is 1. The van der Waals surface area contributed by atoms with Gasteiger partial charge in [-0.25, -0.2) is 0 Å². The maximum Gasteiger partial charge on any atom is 0.0496 e. The third-order valence-corrected chi connectivity index (χ3v) is 3.83. The third-order valence-electron chi connectivity index (χ3n) is 2.31. The second kappa shape index (κ2) is 5.71. The van der Waals surface area contributed by atoms with Gasteiger partial charge in [-0.2, -0.15) is 0 Å². The molecule has 0 rings (SSSR count). The van der Waals surface area contributed by atoms with E-state index in [2.05, 4.69) is 40.1 Å². The number of hydrogen-bond acceptors (Lipinski definition) is 1. The molecule has 0 radical (unpaired) electrons. The first-order valence-corrected chi connectivity index (χ1v) is 9.25. The molecule has 0 aliphatic rings. The van der Waals surface area contributed by atoms with E-state index in [0.717, 1.165) is 12.5 Å². The predicted octanol–water partition coefficient (Wildman–Crippen LogP) is 3.54. The van der Waals surface area contributed by atoms with Gasteiger partial charge in [0.1, 0.15) is 0 Å². The number of aliphatic hydroxyl groups excluding tert-OH is 1. The first kappa shape index (κ1) is 13.9. The van der Waals surface area contributed by atoms with Crippen LogP contribution in [0.3, 0.4) is 0 Å². The van der Waals surface area contributed by atoms with Crippen molar-refractivity contribution in [1.82, 2.24) is 0 Å². The monoisotopic (exact) mass is 214 g/mol. The summed E-state index contributed by atoms with van der Waals surface area (Å²) in [6, 6.07) is 1.14. The summed E-state index contributed by atoms with van der Waals surface area (Å²) in [6.45, 7) is 15.8. The summed E-state index contributed by atoms with van der Waals surface area (Å²) in [4.78, 5) is 0. The van der Waals surface area contributed by atoms with Crippen LogP contribution in [0, 0.1) is 11.8 Å². The summed E-state index contributed by atoms with van der Waals surface area (Å²) in [5.74, 6) is 0.965. The Morgan fingerprint density at radius 1 is 1.29 bits per heavy atom. The molecule has 1 N–H and O–H groups in total. The minimum Gasteiger partial charge on any atom is -0.396 e. The first-order chi connectivity index (χ1) is 6.26. The van der Waals surface area contributed by atoms with E-state index in [1.54, 1.807) is 0 Å². The molecule has 0 bridgehead atoms. The van der Waals surface area contributed by atoms with Gasteiger partial charge in [0, 0.05) is 20.6 Å². The van der Waals surface area contributed by atoms with Crippen molar-refractivity contribution in [3.8, 4) is 0 Å². The van der Waals surface area contributed by atoms with Crippen LogP contribution in [0.25, 0.3) is 0 Å². The van der Waals surface area contributed by atoms with Crippen molar-refractivity contribution in [2.24, 2.45) is 11.8 Å². The summed E-state index contributed by atoms with van der Waals surface area (Å²) >= 11 is 0. The lowest BCUT2D eigenvalue weighted by Crippen LogP contribution is -2.23. The highest BCUT2D eigenvalue weighted by atomic mass is 28.3. The molecule has 0 spiro atoms. The smallest absolute Gasteiger partial charge is 0.0496 e. The molecule has 0 aliphatic carbocycles. The predicted molar refractivity (Wildman–Crippen MR) is 67.3 cm³/mol. The molecule has 0 unspecified atom stereocenters. The van der Waals surface area contributed by atoms with Gasteiger partial charge in [-0.3, -0.25) is 0 Å². The van der Waals surface area contributed by atoms with Gasteiger partial charge in [0.25, 0.3) is 0 Å². The summed E-state index contributed by atoms with van der Waals surface area (Å²) in [5.41, 5.74) is 1.26. The van der Waals surface area contributed by atoms with Gasteiger partial charge in [-0.15, -0.1) is 0 Å². The second-order valence-electron chi connectivity index (χ2n) is 5.90. The average Bonchev–Trinajstić information content (AvgIpc) is 1.96. The molecule has 0 aromatic heterocycles. The summed E-state index contributed by atoms with van der Waals surface area (Å²) < 4.78 is 0. The third kappa shape index (κ3) is 6.38. The second-order valence-corrected chi connectivity index (χ2v) is 11.4. The van der Waals surface area contributed by atoms with Gasteiger partial charge in [0.2, 0.25) is 0 Å². The summed E-state index contributed by atoms with van der Waals surface area (Å²) in [7, 11) is -1.06. The fourth-order valence-electron chi connectivity index (χ4n) is 1.76. The normalized spacial score (nSPS) is 14.5. The largest absolute Gasteiger partial charge is 0.396 e. The van der Waals surface area contributed by atoms with E-state index in [4.69, 9.17) is 0 Å².